The van der Waals surface area contributed by atoms with E-state index in [0.29, 0.717) is 13.1 Å². The standard InChI is InChI=1S/C15H24N2O2/c1-5-17(6-2)15(18)10-19-14-8-7-13(12(4)16)9-11(14)3/h7-9,12H,5-6,10,16H2,1-4H3. The van der Waals surface area contributed by atoms with Gasteiger partial charge in [0, 0.05) is 19.1 Å². The van der Waals surface area contributed by atoms with Gasteiger partial charge >= 0.3 is 0 Å². The first kappa shape index (κ1) is 15.5. The maximum atomic E-state index is 11.8. The molecule has 4 heteroatoms. The smallest absolute Gasteiger partial charge is 0.260 e. The molecule has 0 aliphatic carbocycles. The lowest BCUT2D eigenvalue weighted by Crippen LogP contribution is -2.34. The lowest BCUT2D eigenvalue weighted by Gasteiger charge is -2.19. The van der Waals surface area contributed by atoms with Crippen LogP contribution in [0, 0.1) is 6.92 Å². The lowest BCUT2D eigenvalue weighted by molar-refractivity contribution is -0.132. The van der Waals surface area contributed by atoms with E-state index in [9.17, 15) is 4.79 Å². The summed E-state index contributed by atoms with van der Waals surface area (Å²) in [5, 5.41) is 0. The fourth-order valence-electron chi connectivity index (χ4n) is 1.92. The number of carbonyl (C=O) groups is 1. The van der Waals surface area contributed by atoms with Crippen molar-refractivity contribution in [3.05, 3.63) is 29.3 Å². The molecule has 1 amide bonds. The number of hydrogen-bond donors (Lipinski definition) is 1. The van der Waals surface area contributed by atoms with Crippen LogP contribution in [-0.2, 0) is 4.79 Å². The zero-order valence-electron chi connectivity index (χ0n) is 12.3. The normalized spacial score (nSPS) is 12.1. The first-order valence-electron chi connectivity index (χ1n) is 6.76. The fraction of sp³-hybridized carbons (Fsp3) is 0.533. The molecule has 0 spiro atoms. The van der Waals surface area contributed by atoms with Crippen LogP contribution in [-0.4, -0.2) is 30.5 Å². The van der Waals surface area contributed by atoms with Gasteiger partial charge in [-0.3, -0.25) is 4.79 Å². The third kappa shape index (κ3) is 4.24. The van der Waals surface area contributed by atoms with Crippen molar-refractivity contribution >= 4 is 5.91 Å². The summed E-state index contributed by atoms with van der Waals surface area (Å²) in [6.07, 6.45) is 0. The van der Waals surface area contributed by atoms with Crippen molar-refractivity contribution < 1.29 is 9.53 Å². The van der Waals surface area contributed by atoms with E-state index in [0.717, 1.165) is 16.9 Å². The summed E-state index contributed by atoms with van der Waals surface area (Å²) in [4.78, 5) is 13.6. The van der Waals surface area contributed by atoms with Crippen LogP contribution in [0.5, 0.6) is 5.75 Å². The first-order chi connectivity index (χ1) is 8.99. The van der Waals surface area contributed by atoms with E-state index < -0.39 is 0 Å². The number of nitrogens with zero attached hydrogens (tertiary/aromatic N) is 1. The molecule has 0 aliphatic rings. The molecule has 0 aromatic heterocycles. The highest BCUT2D eigenvalue weighted by molar-refractivity contribution is 5.77. The predicted molar refractivity (Wildman–Crippen MR) is 77.2 cm³/mol. The van der Waals surface area contributed by atoms with Gasteiger partial charge in [-0.1, -0.05) is 12.1 Å². The van der Waals surface area contributed by atoms with Gasteiger partial charge in [0.05, 0.1) is 0 Å². The largest absolute Gasteiger partial charge is 0.484 e. The van der Waals surface area contributed by atoms with Gasteiger partial charge in [0.25, 0.3) is 5.91 Å². The minimum atomic E-state index is 0.00468. The number of likely N-dealkylation sites (N-methyl/N-ethyl adjacent to an activating group) is 1. The minimum absolute atomic E-state index is 0.00468. The number of carbonyl (C=O) groups excluding carboxylic acids is 1. The predicted octanol–water partition coefficient (Wildman–Crippen LogP) is 2.26. The molecule has 0 saturated heterocycles. The summed E-state index contributed by atoms with van der Waals surface area (Å²) >= 11 is 0. The van der Waals surface area contributed by atoms with E-state index in [-0.39, 0.29) is 18.6 Å². The molecule has 1 aromatic rings. The van der Waals surface area contributed by atoms with Gasteiger partial charge in [-0.15, -0.1) is 0 Å². The van der Waals surface area contributed by atoms with Gasteiger partial charge in [0.15, 0.2) is 6.61 Å². The number of rotatable bonds is 6. The molecule has 0 saturated carbocycles. The summed E-state index contributed by atoms with van der Waals surface area (Å²) in [5.74, 6) is 0.755. The zero-order valence-corrected chi connectivity index (χ0v) is 12.3. The average molecular weight is 264 g/mol. The average Bonchev–Trinajstić information content (AvgIpc) is 2.38. The Morgan fingerprint density at radius 2 is 2.00 bits per heavy atom. The lowest BCUT2D eigenvalue weighted by atomic mass is 10.1. The van der Waals surface area contributed by atoms with E-state index in [1.807, 2.05) is 45.9 Å². The first-order valence-corrected chi connectivity index (χ1v) is 6.76. The van der Waals surface area contributed by atoms with Gasteiger partial charge in [0.1, 0.15) is 5.75 Å². The number of benzene rings is 1. The number of amides is 1. The molecule has 4 nitrogen and oxygen atoms in total. The summed E-state index contributed by atoms with van der Waals surface area (Å²) in [6.45, 7) is 9.33. The molecular formula is C15H24N2O2. The maximum absolute atomic E-state index is 11.8. The Morgan fingerprint density at radius 1 is 1.37 bits per heavy atom. The molecule has 106 valence electrons. The SMILES string of the molecule is CCN(CC)C(=O)COc1ccc(C(C)N)cc1C. The topological polar surface area (TPSA) is 55.6 Å². The highest BCUT2D eigenvalue weighted by Gasteiger charge is 2.11. The summed E-state index contributed by atoms with van der Waals surface area (Å²) in [7, 11) is 0. The third-order valence-corrected chi connectivity index (χ3v) is 3.19. The second kappa shape index (κ2) is 7.14. The van der Waals surface area contributed by atoms with Gasteiger partial charge in [-0.05, 0) is 44.9 Å². The van der Waals surface area contributed by atoms with Crippen molar-refractivity contribution in [3.8, 4) is 5.75 Å². The molecule has 1 aromatic carbocycles. The Hall–Kier alpha value is -1.55. The van der Waals surface area contributed by atoms with Crippen LogP contribution >= 0.6 is 0 Å². The highest BCUT2D eigenvalue weighted by atomic mass is 16.5. The number of nitrogens with two attached hydrogens (primary N) is 1. The maximum Gasteiger partial charge on any atom is 0.260 e. The molecule has 0 radical (unpaired) electrons. The number of aryl methyl sites for hydroxylation is 1. The molecule has 1 atom stereocenters. The Balaban J connectivity index is 2.66. The van der Waals surface area contributed by atoms with E-state index in [2.05, 4.69) is 0 Å². The van der Waals surface area contributed by atoms with Crippen LogP contribution in [0.15, 0.2) is 18.2 Å². The van der Waals surface area contributed by atoms with Gasteiger partial charge in [-0.25, -0.2) is 0 Å². The van der Waals surface area contributed by atoms with Crippen LogP contribution < -0.4 is 10.5 Å². The van der Waals surface area contributed by atoms with Crippen LogP contribution in [0.3, 0.4) is 0 Å². The van der Waals surface area contributed by atoms with Crippen LogP contribution in [0.2, 0.25) is 0 Å². The Labute approximate surface area is 115 Å². The molecule has 2 N–H and O–H groups in total. The van der Waals surface area contributed by atoms with Gasteiger partial charge in [-0.2, -0.15) is 0 Å². The Morgan fingerprint density at radius 3 is 2.47 bits per heavy atom. The summed E-state index contributed by atoms with van der Waals surface area (Å²) in [6, 6.07) is 5.82. The van der Waals surface area contributed by atoms with Crippen molar-refractivity contribution in [2.75, 3.05) is 19.7 Å². The zero-order chi connectivity index (χ0) is 14.4. The second-order valence-electron chi connectivity index (χ2n) is 4.67. The van der Waals surface area contributed by atoms with E-state index >= 15 is 0 Å². The third-order valence-electron chi connectivity index (χ3n) is 3.19. The monoisotopic (exact) mass is 264 g/mol. The van der Waals surface area contributed by atoms with E-state index in [4.69, 9.17) is 10.5 Å². The van der Waals surface area contributed by atoms with Gasteiger partial charge < -0.3 is 15.4 Å². The second-order valence-corrected chi connectivity index (χ2v) is 4.67. The molecule has 1 rings (SSSR count). The summed E-state index contributed by atoms with van der Waals surface area (Å²) in [5.41, 5.74) is 7.90. The quantitative estimate of drug-likeness (QED) is 0.857. The van der Waals surface area contributed by atoms with Crippen molar-refractivity contribution in [1.82, 2.24) is 4.90 Å². The Bertz CT molecular complexity index is 426. The van der Waals surface area contributed by atoms with Crippen LogP contribution in [0.25, 0.3) is 0 Å². The number of hydrogen-bond acceptors (Lipinski definition) is 3. The molecule has 0 fully saturated rings. The van der Waals surface area contributed by atoms with Crippen LogP contribution in [0.4, 0.5) is 0 Å². The number of ether oxygens (including phenoxy) is 1. The fourth-order valence-corrected chi connectivity index (χ4v) is 1.92. The van der Waals surface area contributed by atoms with Crippen molar-refractivity contribution in [3.63, 3.8) is 0 Å². The highest BCUT2D eigenvalue weighted by Crippen LogP contribution is 2.21. The van der Waals surface area contributed by atoms with Crippen molar-refractivity contribution in [2.24, 2.45) is 5.73 Å². The van der Waals surface area contributed by atoms with E-state index in [1.54, 1.807) is 4.90 Å². The molecular weight excluding hydrogens is 240 g/mol. The van der Waals surface area contributed by atoms with E-state index in [1.165, 1.54) is 0 Å². The molecule has 0 aliphatic heterocycles. The van der Waals surface area contributed by atoms with Gasteiger partial charge in [0.2, 0.25) is 0 Å². The summed E-state index contributed by atoms with van der Waals surface area (Å²) < 4.78 is 5.59. The molecule has 1 unspecified atom stereocenters. The van der Waals surface area contributed by atoms with Crippen molar-refractivity contribution in [2.45, 2.75) is 33.7 Å². The molecule has 19 heavy (non-hydrogen) atoms. The molecule has 0 bridgehead atoms. The Kier molecular flexibility index (Phi) is 5.83. The van der Waals surface area contributed by atoms with Crippen LogP contribution in [0.1, 0.15) is 37.9 Å². The molecule has 0 heterocycles. The minimum Gasteiger partial charge on any atom is -0.484 e. The van der Waals surface area contributed by atoms with Crippen molar-refractivity contribution in [1.29, 1.82) is 0 Å².